The van der Waals surface area contributed by atoms with Gasteiger partial charge in [-0.3, -0.25) is 4.79 Å². The summed E-state index contributed by atoms with van der Waals surface area (Å²) in [5, 5.41) is 11.8. The van der Waals surface area contributed by atoms with Gasteiger partial charge in [0, 0.05) is 6.54 Å². The maximum absolute atomic E-state index is 12.5. The van der Waals surface area contributed by atoms with E-state index in [0.717, 1.165) is 0 Å². The van der Waals surface area contributed by atoms with Crippen molar-refractivity contribution in [3.63, 3.8) is 0 Å². The average Bonchev–Trinajstić information content (AvgIpc) is 3.08. The van der Waals surface area contributed by atoms with Gasteiger partial charge in [0.2, 0.25) is 5.91 Å². The molecule has 1 aliphatic heterocycles. The largest absolute Gasteiger partial charge is 0.409 e. The molecule has 2 rings (SSSR count). The van der Waals surface area contributed by atoms with Gasteiger partial charge in [0.1, 0.15) is 5.41 Å². The summed E-state index contributed by atoms with van der Waals surface area (Å²) in [5.41, 5.74) is 4.54. The van der Waals surface area contributed by atoms with Gasteiger partial charge in [-0.25, -0.2) is 0 Å². The molecule has 0 aromatic rings. The second-order valence-corrected chi connectivity index (χ2v) is 5.39. The number of morpholine rings is 1. The number of carbonyl (C=O) groups is 1. The quantitative estimate of drug-likeness (QED) is 0.312. The van der Waals surface area contributed by atoms with Crippen molar-refractivity contribution >= 4 is 11.7 Å². The molecule has 3 N–H and O–H groups in total. The van der Waals surface area contributed by atoms with E-state index in [1.165, 1.54) is 0 Å². The number of nitrogens with zero attached hydrogens (tertiary/aromatic N) is 2. The Morgan fingerprint density at radius 3 is 2.59 bits per heavy atom. The lowest BCUT2D eigenvalue weighted by molar-refractivity contribution is -0.149. The van der Waals surface area contributed by atoms with Gasteiger partial charge >= 0.3 is 0 Å². The number of amides is 1. The van der Waals surface area contributed by atoms with E-state index in [9.17, 15) is 4.79 Å². The topological polar surface area (TPSA) is 88.2 Å². The number of nitrogens with two attached hydrogens (primary N) is 1. The number of ether oxygens (including phenoxy) is 1. The van der Waals surface area contributed by atoms with Crippen molar-refractivity contribution in [2.45, 2.75) is 32.2 Å². The van der Waals surface area contributed by atoms with Crippen LogP contribution >= 0.6 is 0 Å². The molecule has 1 saturated carbocycles. The molecule has 1 amide bonds. The Labute approximate surface area is 100 Å². The highest BCUT2D eigenvalue weighted by Crippen LogP contribution is 2.48. The van der Waals surface area contributed by atoms with E-state index in [2.05, 4.69) is 5.16 Å². The highest BCUT2D eigenvalue weighted by molar-refractivity contribution is 6.09. The van der Waals surface area contributed by atoms with E-state index >= 15 is 0 Å². The maximum Gasteiger partial charge on any atom is 0.237 e. The van der Waals surface area contributed by atoms with Gasteiger partial charge < -0.3 is 20.6 Å². The Bertz CT molecular complexity index is 361. The van der Waals surface area contributed by atoms with Crippen molar-refractivity contribution in [2.75, 3.05) is 19.8 Å². The minimum absolute atomic E-state index is 0.0322. The Kier molecular flexibility index (Phi) is 2.77. The van der Waals surface area contributed by atoms with E-state index in [-0.39, 0.29) is 17.3 Å². The smallest absolute Gasteiger partial charge is 0.237 e. The third-order valence-corrected chi connectivity index (χ3v) is 3.65. The second kappa shape index (κ2) is 3.87. The molecule has 0 unspecified atom stereocenters. The zero-order chi connectivity index (χ0) is 12.7. The Morgan fingerprint density at radius 2 is 2.12 bits per heavy atom. The normalized spacial score (nSPS) is 26.7. The minimum atomic E-state index is -0.761. The van der Waals surface area contributed by atoms with Crippen molar-refractivity contribution in [3.8, 4) is 0 Å². The monoisotopic (exact) mass is 241 g/mol. The van der Waals surface area contributed by atoms with Gasteiger partial charge in [0.05, 0.1) is 18.8 Å². The van der Waals surface area contributed by atoms with Gasteiger partial charge in [-0.15, -0.1) is 0 Å². The van der Waals surface area contributed by atoms with E-state index in [4.69, 9.17) is 15.7 Å². The lowest BCUT2D eigenvalue weighted by Crippen LogP contribution is -2.58. The van der Waals surface area contributed by atoms with Crippen molar-refractivity contribution < 1.29 is 14.7 Å². The number of amidine groups is 1. The molecule has 6 nitrogen and oxygen atoms in total. The molecule has 0 bridgehead atoms. The zero-order valence-corrected chi connectivity index (χ0v) is 10.3. The van der Waals surface area contributed by atoms with Crippen LogP contribution in [0.4, 0.5) is 0 Å². The van der Waals surface area contributed by atoms with Crippen LogP contribution in [0.25, 0.3) is 0 Å². The molecular formula is C11H19N3O3. The van der Waals surface area contributed by atoms with Gasteiger partial charge in [-0.1, -0.05) is 5.16 Å². The van der Waals surface area contributed by atoms with Crippen LogP contribution in [0.2, 0.25) is 0 Å². The summed E-state index contributed by atoms with van der Waals surface area (Å²) in [6, 6.07) is 0. The first-order valence-corrected chi connectivity index (χ1v) is 5.82. The van der Waals surface area contributed by atoms with E-state index in [1.807, 2.05) is 13.8 Å². The van der Waals surface area contributed by atoms with Gasteiger partial charge in [0.15, 0.2) is 5.84 Å². The lowest BCUT2D eigenvalue weighted by Gasteiger charge is -2.43. The summed E-state index contributed by atoms with van der Waals surface area (Å²) in [6.45, 7) is 5.55. The number of hydrogen-bond donors (Lipinski definition) is 2. The fraction of sp³-hybridized carbons (Fsp3) is 0.818. The van der Waals surface area contributed by atoms with Gasteiger partial charge in [-0.05, 0) is 26.7 Å². The third kappa shape index (κ3) is 1.86. The first kappa shape index (κ1) is 12.2. The summed E-state index contributed by atoms with van der Waals surface area (Å²) in [7, 11) is 0. The summed E-state index contributed by atoms with van der Waals surface area (Å²) in [4.78, 5) is 14.3. The van der Waals surface area contributed by atoms with Crippen LogP contribution < -0.4 is 5.73 Å². The average molecular weight is 241 g/mol. The van der Waals surface area contributed by atoms with Crippen molar-refractivity contribution in [2.24, 2.45) is 16.3 Å². The molecular weight excluding hydrogens is 222 g/mol. The molecule has 2 fully saturated rings. The van der Waals surface area contributed by atoms with Crippen molar-refractivity contribution in [3.05, 3.63) is 0 Å². The molecule has 0 radical (unpaired) electrons. The van der Waals surface area contributed by atoms with Crippen LogP contribution in [-0.4, -0.2) is 47.1 Å². The summed E-state index contributed by atoms with van der Waals surface area (Å²) >= 11 is 0. The van der Waals surface area contributed by atoms with Crippen LogP contribution in [0.15, 0.2) is 5.16 Å². The fourth-order valence-electron chi connectivity index (χ4n) is 2.29. The Hall–Kier alpha value is -1.30. The standard InChI is InChI=1S/C11H19N3O3/c1-10(2)7-17-6-5-14(10)9(15)11(3-4-11)8(12)13-16/h16H,3-7H2,1-2H3,(H2,12,13). The van der Waals surface area contributed by atoms with Crippen LogP contribution in [-0.2, 0) is 9.53 Å². The minimum Gasteiger partial charge on any atom is -0.409 e. The summed E-state index contributed by atoms with van der Waals surface area (Å²) in [5.74, 6) is -0.00843. The van der Waals surface area contributed by atoms with Gasteiger partial charge in [0.25, 0.3) is 0 Å². The molecule has 17 heavy (non-hydrogen) atoms. The van der Waals surface area contributed by atoms with Crippen LogP contribution in [0, 0.1) is 5.41 Å². The van der Waals surface area contributed by atoms with E-state index < -0.39 is 5.41 Å². The van der Waals surface area contributed by atoms with Crippen molar-refractivity contribution in [1.82, 2.24) is 4.90 Å². The maximum atomic E-state index is 12.5. The number of oxime groups is 1. The number of rotatable bonds is 2. The van der Waals surface area contributed by atoms with E-state index in [1.54, 1.807) is 4.90 Å². The highest BCUT2D eigenvalue weighted by Gasteiger charge is 2.57. The molecule has 2 aliphatic rings. The Balaban J connectivity index is 2.20. The molecule has 1 heterocycles. The molecule has 0 atom stereocenters. The molecule has 1 aliphatic carbocycles. The lowest BCUT2D eigenvalue weighted by atomic mass is 9.96. The summed E-state index contributed by atoms with van der Waals surface area (Å²) in [6.07, 6.45) is 1.32. The second-order valence-electron chi connectivity index (χ2n) is 5.39. The molecule has 1 saturated heterocycles. The number of carbonyl (C=O) groups excluding carboxylic acids is 1. The molecule has 0 spiro atoms. The predicted octanol–water partition coefficient (Wildman–Crippen LogP) is 0.150. The van der Waals surface area contributed by atoms with Crippen LogP contribution in [0.1, 0.15) is 26.7 Å². The zero-order valence-electron chi connectivity index (χ0n) is 10.3. The fourth-order valence-corrected chi connectivity index (χ4v) is 2.29. The predicted molar refractivity (Wildman–Crippen MR) is 61.7 cm³/mol. The molecule has 6 heteroatoms. The molecule has 96 valence electrons. The van der Waals surface area contributed by atoms with Crippen LogP contribution in [0.5, 0.6) is 0 Å². The molecule has 0 aromatic heterocycles. The SMILES string of the molecule is CC1(C)COCCN1C(=O)C1(C(N)=NO)CC1. The van der Waals surface area contributed by atoms with Crippen molar-refractivity contribution in [1.29, 1.82) is 0 Å². The van der Waals surface area contributed by atoms with Gasteiger partial charge in [-0.2, -0.15) is 0 Å². The highest BCUT2D eigenvalue weighted by atomic mass is 16.5. The Morgan fingerprint density at radius 1 is 1.47 bits per heavy atom. The van der Waals surface area contributed by atoms with Crippen LogP contribution in [0.3, 0.4) is 0 Å². The number of hydrogen-bond acceptors (Lipinski definition) is 4. The first-order valence-electron chi connectivity index (χ1n) is 5.82. The van der Waals surface area contributed by atoms with E-state index in [0.29, 0.717) is 32.6 Å². The third-order valence-electron chi connectivity index (χ3n) is 3.65. The summed E-state index contributed by atoms with van der Waals surface area (Å²) < 4.78 is 5.38. The molecule has 0 aromatic carbocycles. The first-order chi connectivity index (χ1) is 7.94.